The molecule has 4 heteroatoms. The maximum Gasteiger partial charge on any atom is 0.195 e. The van der Waals surface area contributed by atoms with E-state index in [1.54, 1.807) is 6.21 Å². The van der Waals surface area contributed by atoms with Gasteiger partial charge in [-0.1, -0.05) is 36.4 Å². The molecule has 0 aliphatic rings. The molecule has 0 spiro atoms. The van der Waals surface area contributed by atoms with E-state index in [0.29, 0.717) is 5.76 Å². The lowest BCUT2D eigenvalue weighted by Crippen LogP contribution is -2.09. The highest BCUT2D eigenvalue weighted by atomic mass is 16.4. The molecule has 0 aliphatic carbocycles. The summed E-state index contributed by atoms with van der Waals surface area (Å²) in [6.45, 7) is 0. The Morgan fingerprint density at radius 1 is 0.783 bits per heavy atom. The van der Waals surface area contributed by atoms with Gasteiger partial charge in [0.15, 0.2) is 5.88 Å². The molecule has 3 rings (SSSR count). The summed E-state index contributed by atoms with van der Waals surface area (Å²) in [4.78, 5) is 1.92. The summed E-state index contributed by atoms with van der Waals surface area (Å²) in [5.41, 5.74) is 1.99. The molecular formula is C19H19N3O. The number of para-hydroxylation sites is 2. The maximum absolute atomic E-state index is 5.72. The maximum atomic E-state index is 5.72. The minimum atomic E-state index is 0.713. The summed E-state index contributed by atoms with van der Waals surface area (Å²) < 4.78 is 5.72. The van der Waals surface area contributed by atoms with E-state index < -0.39 is 0 Å². The minimum Gasteiger partial charge on any atom is -0.440 e. The molecule has 0 aliphatic heterocycles. The second kappa shape index (κ2) is 6.83. The van der Waals surface area contributed by atoms with Crippen molar-refractivity contribution in [2.75, 3.05) is 24.0 Å². The third-order valence-corrected chi connectivity index (χ3v) is 3.36. The zero-order chi connectivity index (χ0) is 16.1. The van der Waals surface area contributed by atoms with E-state index in [-0.39, 0.29) is 0 Å². The Morgan fingerprint density at radius 2 is 1.35 bits per heavy atom. The summed E-state index contributed by atoms with van der Waals surface area (Å²) >= 11 is 0. The second-order valence-electron chi connectivity index (χ2n) is 5.30. The van der Waals surface area contributed by atoms with Crippen molar-refractivity contribution in [3.05, 3.63) is 78.6 Å². The normalized spacial score (nSPS) is 10.9. The molecule has 1 heterocycles. The van der Waals surface area contributed by atoms with E-state index in [9.17, 15) is 0 Å². The van der Waals surface area contributed by atoms with Crippen LogP contribution < -0.4 is 9.91 Å². The largest absolute Gasteiger partial charge is 0.440 e. The van der Waals surface area contributed by atoms with Crippen molar-refractivity contribution < 1.29 is 4.42 Å². The fourth-order valence-electron chi connectivity index (χ4n) is 2.19. The SMILES string of the molecule is CN(C)c1ccc(/C=N\N(c2ccccc2)c2ccccc2)o1. The van der Waals surface area contributed by atoms with Crippen LogP contribution in [0.5, 0.6) is 0 Å². The number of anilines is 3. The summed E-state index contributed by atoms with van der Waals surface area (Å²) in [6.07, 6.45) is 1.73. The standard InChI is InChI=1S/C19H19N3O/c1-21(2)19-14-13-18(23-19)15-20-22(16-9-5-3-6-10-16)17-11-7-4-8-12-17/h3-15H,1-2H3/b20-15-. The lowest BCUT2D eigenvalue weighted by atomic mass is 10.2. The average molecular weight is 305 g/mol. The number of rotatable bonds is 5. The molecule has 0 N–H and O–H groups in total. The first-order chi connectivity index (χ1) is 11.2. The van der Waals surface area contributed by atoms with Gasteiger partial charge in [-0.2, -0.15) is 5.10 Å². The van der Waals surface area contributed by atoms with Gasteiger partial charge in [0.1, 0.15) is 5.76 Å². The Labute approximate surface area is 136 Å². The molecule has 0 radical (unpaired) electrons. The number of nitrogens with zero attached hydrogens (tertiary/aromatic N) is 3. The Bertz CT molecular complexity index is 724. The van der Waals surface area contributed by atoms with Gasteiger partial charge in [0.25, 0.3) is 0 Å². The van der Waals surface area contributed by atoms with E-state index in [1.165, 1.54) is 0 Å². The van der Waals surface area contributed by atoms with E-state index >= 15 is 0 Å². The number of hydrogen-bond acceptors (Lipinski definition) is 4. The molecule has 0 amide bonds. The van der Waals surface area contributed by atoms with E-state index in [2.05, 4.69) is 5.10 Å². The minimum absolute atomic E-state index is 0.713. The quantitative estimate of drug-likeness (QED) is 0.513. The Balaban J connectivity index is 1.91. The van der Waals surface area contributed by atoms with Crippen LogP contribution in [0.2, 0.25) is 0 Å². The van der Waals surface area contributed by atoms with Gasteiger partial charge in [0.05, 0.1) is 17.6 Å². The number of hydrazone groups is 1. The van der Waals surface area contributed by atoms with Gasteiger partial charge in [0.2, 0.25) is 0 Å². The van der Waals surface area contributed by atoms with E-state index in [1.807, 2.05) is 96.8 Å². The van der Waals surface area contributed by atoms with Crippen molar-refractivity contribution in [3.8, 4) is 0 Å². The summed E-state index contributed by atoms with van der Waals surface area (Å²) in [5, 5.41) is 6.49. The molecule has 0 atom stereocenters. The Hall–Kier alpha value is -3.01. The van der Waals surface area contributed by atoms with Gasteiger partial charge in [-0.15, -0.1) is 0 Å². The Kier molecular flexibility index (Phi) is 4.43. The predicted molar refractivity (Wildman–Crippen MR) is 95.7 cm³/mol. The first-order valence-corrected chi connectivity index (χ1v) is 7.45. The molecular weight excluding hydrogens is 286 g/mol. The lowest BCUT2D eigenvalue weighted by molar-refractivity contribution is 0.558. The highest BCUT2D eigenvalue weighted by molar-refractivity contribution is 5.79. The molecule has 116 valence electrons. The number of benzene rings is 2. The highest BCUT2D eigenvalue weighted by Gasteiger charge is 2.07. The van der Waals surface area contributed by atoms with Crippen molar-refractivity contribution >= 4 is 23.5 Å². The predicted octanol–water partition coefficient (Wildman–Crippen LogP) is 4.52. The summed E-state index contributed by atoms with van der Waals surface area (Å²) in [6, 6.07) is 23.9. The number of hydrogen-bond donors (Lipinski definition) is 0. The van der Waals surface area contributed by atoms with Crippen molar-refractivity contribution in [2.45, 2.75) is 0 Å². The second-order valence-corrected chi connectivity index (χ2v) is 5.30. The zero-order valence-electron chi connectivity index (χ0n) is 13.3. The third kappa shape index (κ3) is 3.61. The van der Waals surface area contributed by atoms with Gasteiger partial charge in [0, 0.05) is 20.2 Å². The summed E-state index contributed by atoms with van der Waals surface area (Å²) in [5.74, 6) is 1.52. The van der Waals surface area contributed by atoms with Crippen molar-refractivity contribution in [1.82, 2.24) is 0 Å². The van der Waals surface area contributed by atoms with Crippen LogP contribution in [-0.4, -0.2) is 20.3 Å². The van der Waals surface area contributed by atoms with Gasteiger partial charge in [-0.05, 0) is 30.3 Å². The van der Waals surface area contributed by atoms with E-state index in [0.717, 1.165) is 17.3 Å². The fourth-order valence-corrected chi connectivity index (χ4v) is 2.19. The van der Waals surface area contributed by atoms with E-state index in [4.69, 9.17) is 4.42 Å². The van der Waals surface area contributed by atoms with Gasteiger partial charge in [-0.25, -0.2) is 5.01 Å². The van der Waals surface area contributed by atoms with Crippen molar-refractivity contribution in [2.24, 2.45) is 5.10 Å². The molecule has 23 heavy (non-hydrogen) atoms. The average Bonchev–Trinajstić information content (AvgIpc) is 3.06. The van der Waals surface area contributed by atoms with Crippen LogP contribution in [-0.2, 0) is 0 Å². The monoisotopic (exact) mass is 305 g/mol. The molecule has 3 aromatic rings. The van der Waals surface area contributed by atoms with Crippen molar-refractivity contribution in [1.29, 1.82) is 0 Å². The number of furan rings is 1. The summed E-state index contributed by atoms with van der Waals surface area (Å²) in [7, 11) is 3.89. The van der Waals surface area contributed by atoms with Crippen LogP contribution >= 0.6 is 0 Å². The lowest BCUT2D eigenvalue weighted by Gasteiger charge is -2.18. The molecule has 0 saturated heterocycles. The molecule has 0 fully saturated rings. The van der Waals surface area contributed by atoms with Crippen LogP contribution in [0.3, 0.4) is 0 Å². The van der Waals surface area contributed by atoms with Crippen molar-refractivity contribution in [3.63, 3.8) is 0 Å². The highest BCUT2D eigenvalue weighted by Crippen LogP contribution is 2.25. The Morgan fingerprint density at radius 3 is 1.83 bits per heavy atom. The first kappa shape index (κ1) is 14.9. The van der Waals surface area contributed by atoms with Crippen LogP contribution in [0.15, 0.2) is 82.3 Å². The molecule has 4 nitrogen and oxygen atoms in total. The first-order valence-electron chi connectivity index (χ1n) is 7.45. The molecule has 1 aromatic heterocycles. The fraction of sp³-hybridized carbons (Fsp3) is 0.105. The molecule has 0 saturated carbocycles. The smallest absolute Gasteiger partial charge is 0.195 e. The van der Waals surface area contributed by atoms with Crippen LogP contribution in [0.25, 0.3) is 0 Å². The third-order valence-electron chi connectivity index (χ3n) is 3.36. The van der Waals surface area contributed by atoms with Crippen LogP contribution in [0, 0.1) is 0 Å². The molecule has 0 unspecified atom stereocenters. The topological polar surface area (TPSA) is 32.0 Å². The van der Waals surface area contributed by atoms with Gasteiger partial charge in [-0.3, -0.25) is 0 Å². The zero-order valence-corrected chi connectivity index (χ0v) is 13.3. The molecule has 0 bridgehead atoms. The van der Waals surface area contributed by atoms with Gasteiger partial charge < -0.3 is 9.32 Å². The van der Waals surface area contributed by atoms with Gasteiger partial charge >= 0.3 is 0 Å². The molecule has 2 aromatic carbocycles. The van der Waals surface area contributed by atoms with Crippen LogP contribution in [0.4, 0.5) is 17.3 Å². The van der Waals surface area contributed by atoms with Crippen LogP contribution in [0.1, 0.15) is 5.76 Å².